The summed E-state index contributed by atoms with van der Waals surface area (Å²) in [7, 11) is 0. The van der Waals surface area contributed by atoms with E-state index in [0.29, 0.717) is 19.1 Å². The Morgan fingerprint density at radius 3 is 2.07 bits per heavy atom. The van der Waals surface area contributed by atoms with Gasteiger partial charge in [-0.2, -0.15) is 0 Å². The van der Waals surface area contributed by atoms with Crippen LogP contribution >= 0.6 is 0 Å². The van der Waals surface area contributed by atoms with E-state index in [1.54, 1.807) is 0 Å². The van der Waals surface area contributed by atoms with Crippen LogP contribution in [0.2, 0.25) is 0 Å². The summed E-state index contributed by atoms with van der Waals surface area (Å²) >= 11 is 0. The van der Waals surface area contributed by atoms with E-state index in [1.165, 1.54) is 0 Å². The van der Waals surface area contributed by atoms with E-state index in [2.05, 4.69) is 31.1 Å². The Balaban J connectivity index is 1.76. The number of anilines is 2. The third kappa shape index (κ3) is 7.86. The second-order valence-electron chi connectivity index (χ2n) is 6.90. The van der Waals surface area contributed by atoms with Crippen LogP contribution in [0, 0.1) is 5.92 Å². The normalized spacial score (nSPS) is 10.4. The summed E-state index contributed by atoms with van der Waals surface area (Å²) < 4.78 is 11.2. The summed E-state index contributed by atoms with van der Waals surface area (Å²) in [5.41, 5.74) is 2.56. The van der Waals surface area contributed by atoms with Gasteiger partial charge >= 0.3 is 0 Å². The Morgan fingerprint density at radius 1 is 0.963 bits per heavy atom. The molecule has 5 nitrogen and oxygen atoms in total. The smallest absolute Gasteiger partial charge is 0.243 e. The number of amides is 1. The Labute approximate surface area is 161 Å². The Kier molecular flexibility index (Phi) is 7.74. The van der Waals surface area contributed by atoms with Crippen molar-refractivity contribution in [2.75, 3.05) is 30.4 Å². The average molecular weight is 368 g/mol. The highest BCUT2D eigenvalue weighted by Crippen LogP contribution is 2.17. The van der Waals surface area contributed by atoms with Crippen LogP contribution in [0.25, 0.3) is 0 Å². The fourth-order valence-electron chi connectivity index (χ4n) is 2.16. The zero-order valence-corrected chi connectivity index (χ0v) is 16.2. The van der Waals surface area contributed by atoms with Crippen molar-refractivity contribution in [3.05, 3.63) is 60.7 Å². The largest absolute Gasteiger partial charge is 0.493 e. The van der Waals surface area contributed by atoms with E-state index in [1.807, 2.05) is 55.5 Å². The summed E-state index contributed by atoms with van der Waals surface area (Å²) in [5, 5.41) is 5.95. The third-order valence-corrected chi connectivity index (χ3v) is 3.51. The van der Waals surface area contributed by atoms with Gasteiger partial charge in [0.25, 0.3) is 0 Å². The zero-order valence-electron chi connectivity index (χ0n) is 16.2. The monoisotopic (exact) mass is 368 g/mol. The molecule has 0 radical (unpaired) electrons. The molecule has 0 heterocycles. The first-order valence-corrected chi connectivity index (χ1v) is 9.06. The lowest BCUT2D eigenvalue weighted by molar-refractivity contribution is -0.114. The molecule has 0 unspecified atom stereocenters. The number of carbonyl (C=O) groups excluding carboxylic acids is 1. The molecule has 0 aromatic heterocycles. The van der Waals surface area contributed by atoms with E-state index in [0.717, 1.165) is 28.4 Å². The Bertz CT molecular complexity index is 737. The molecule has 0 saturated heterocycles. The van der Waals surface area contributed by atoms with Crippen molar-refractivity contribution >= 4 is 17.3 Å². The molecule has 0 aliphatic carbocycles. The highest BCUT2D eigenvalue weighted by molar-refractivity contribution is 5.93. The summed E-state index contributed by atoms with van der Waals surface area (Å²) in [6, 6.07) is 14.9. The Hall–Kier alpha value is -2.95. The molecule has 0 fully saturated rings. The van der Waals surface area contributed by atoms with Crippen molar-refractivity contribution < 1.29 is 14.3 Å². The van der Waals surface area contributed by atoms with E-state index in [4.69, 9.17) is 9.47 Å². The van der Waals surface area contributed by atoms with Gasteiger partial charge in [-0.1, -0.05) is 20.4 Å². The lowest BCUT2D eigenvalue weighted by Crippen LogP contribution is -2.21. The first-order valence-electron chi connectivity index (χ1n) is 9.06. The molecule has 2 aromatic rings. The van der Waals surface area contributed by atoms with E-state index >= 15 is 0 Å². The van der Waals surface area contributed by atoms with Crippen LogP contribution in [0.1, 0.15) is 20.8 Å². The standard InChI is InChI=1S/C22H28N2O3/c1-16(2)14-26-20-9-5-18(6-10-20)23-13-22(25)24-19-7-11-21(12-8-19)27-15-17(3)4/h5-12,17,23H,1,13-15H2,2-4H3,(H,24,25). The molecule has 0 bridgehead atoms. The van der Waals surface area contributed by atoms with E-state index in [9.17, 15) is 4.79 Å². The molecule has 2 aromatic carbocycles. The maximum Gasteiger partial charge on any atom is 0.243 e. The van der Waals surface area contributed by atoms with Gasteiger partial charge in [-0.3, -0.25) is 4.79 Å². The van der Waals surface area contributed by atoms with Crippen molar-refractivity contribution in [1.82, 2.24) is 0 Å². The number of rotatable bonds is 10. The summed E-state index contributed by atoms with van der Waals surface area (Å²) in [4.78, 5) is 12.1. The quantitative estimate of drug-likeness (QED) is 0.596. The van der Waals surface area contributed by atoms with Gasteiger partial charge in [0.05, 0.1) is 13.2 Å². The number of hydrogen-bond donors (Lipinski definition) is 2. The summed E-state index contributed by atoms with van der Waals surface area (Å²) in [6.07, 6.45) is 0. The van der Waals surface area contributed by atoms with Crippen LogP contribution in [0.5, 0.6) is 11.5 Å². The van der Waals surface area contributed by atoms with Crippen LogP contribution in [0.3, 0.4) is 0 Å². The third-order valence-electron chi connectivity index (χ3n) is 3.51. The molecule has 144 valence electrons. The molecular weight excluding hydrogens is 340 g/mol. The minimum atomic E-state index is -0.117. The second kappa shape index (κ2) is 10.3. The molecule has 0 aliphatic heterocycles. The SMILES string of the molecule is C=C(C)COc1ccc(NCC(=O)Nc2ccc(OCC(C)C)cc2)cc1. The Morgan fingerprint density at radius 2 is 1.52 bits per heavy atom. The van der Waals surface area contributed by atoms with Crippen LogP contribution < -0.4 is 20.1 Å². The minimum Gasteiger partial charge on any atom is -0.493 e. The van der Waals surface area contributed by atoms with Crippen LogP contribution in [0.4, 0.5) is 11.4 Å². The lowest BCUT2D eigenvalue weighted by Gasteiger charge is -2.11. The molecule has 2 N–H and O–H groups in total. The highest BCUT2D eigenvalue weighted by Gasteiger charge is 2.04. The number of carbonyl (C=O) groups is 1. The fraction of sp³-hybridized carbons (Fsp3) is 0.318. The average Bonchev–Trinajstić information content (AvgIpc) is 2.65. The molecule has 0 atom stereocenters. The molecule has 0 spiro atoms. The molecule has 1 amide bonds. The maximum atomic E-state index is 12.1. The molecule has 0 aliphatic rings. The van der Waals surface area contributed by atoms with E-state index < -0.39 is 0 Å². The van der Waals surface area contributed by atoms with Gasteiger partial charge in [-0.05, 0) is 66.9 Å². The number of nitrogens with one attached hydrogen (secondary N) is 2. The number of hydrogen-bond acceptors (Lipinski definition) is 4. The van der Waals surface area contributed by atoms with Gasteiger partial charge in [0.2, 0.25) is 5.91 Å². The topological polar surface area (TPSA) is 59.6 Å². The first kappa shape index (κ1) is 20.4. The summed E-state index contributed by atoms with van der Waals surface area (Å²) in [5.74, 6) is 1.93. The predicted octanol–water partition coefficient (Wildman–Crippen LogP) is 4.73. The second-order valence-corrected chi connectivity index (χ2v) is 6.90. The summed E-state index contributed by atoms with van der Waals surface area (Å²) in [6.45, 7) is 11.3. The van der Waals surface area contributed by atoms with Crippen molar-refractivity contribution in [3.8, 4) is 11.5 Å². The van der Waals surface area contributed by atoms with Crippen LogP contribution in [-0.4, -0.2) is 25.7 Å². The van der Waals surface area contributed by atoms with Gasteiger partial charge < -0.3 is 20.1 Å². The highest BCUT2D eigenvalue weighted by atomic mass is 16.5. The van der Waals surface area contributed by atoms with Crippen molar-refractivity contribution in [2.45, 2.75) is 20.8 Å². The molecule has 0 saturated carbocycles. The van der Waals surface area contributed by atoms with Gasteiger partial charge in [0.15, 0.2) is 0 Å². The minimum absolute atomic E-state index is 0.117. The molecule has 2 rings (SSSR count). The number of ether oxygens (including phenoxy) is 2. The first-order chi connectivity index (χ1) is 12.9. The molecule has 27 heavy (non-hydrogen) atoms. The maximum absolute atomic E-state index is 12.1. The zero-order chi connectivity index (χ0) is 19.6. The van der Waals surface area contributed by atoms with Crippen LogP contribution in [0.15, 0.2) is 60.7 Å². The van der Waals surface area contributed by atoms with Crippen molar-refractivity contribution in [1.29, 1.82) is 0 Å². The molecule has 5 heteroatoms. The lowest BCUT2D eigenvalue weighted by atomic mass is 10.2. The van der Waals surface area contributed by atoms with E-state index in [-0.39, 0.29) is 12.5 Å². The molecular formula is C22H28N2O3. The predicted molar refractivity (Wildman–Crippen MR) is 111 cm³/mol. The van der Waals surface area contributed by atoms with Gasteiger partial charge in [-0.25, -0.2) is 0 Å². The van der Waals surface area contributed by atoms with Gasteiger partial charge in [0.1, 0.15) is 18.1 Å². The van der Waals surface area contributed by atoms with Crippen molar-refractivity contribution in [2.24, 2.45) is 5.92 Å². The fourth-order valence-corrected chi connectivity index (χ4v) is 2.16. The van der Waals surface area contributed by atoms with Gasteiger partial charge in [0, 0.05) is 11.4 Å². The van der Waals surface area contributed by atoms with Gasteiger partial charge in [-0.15, -0.1) is 0 Å². The van der Waals surface area contributed by atoms with Crippen LogP contribution in [-0.2, 0) is 4.79 Å². The van der Waals surface area contributed by atoms with Crippen molar-refractivity contribution in [3.63, 3.8) is 0 Å². The number of benzene rings is 2.